The number of aryl methyl sites for hydroxylation is 1. The van der Waals surface area contributed by atoms with Crippen LogP contribution in [0.15, 0.2) is 23.4 Å². The Balaban J connectivity index is 2.09. The Kier molecular flexibility index (Phi) is 4.07. The molecule has 3 N–H and O–H groups in total. The molecule has 0 unspecified atom stereocenters. The lowest BCUT2D eigenvalue weighted by Gasteiger charge is -2.24. The van der Waals surface area contributed by atoms with E-state index in [1.807, 2.05) is 25.1 Å². The van der Waals surface area contributed by atoms with Crippen molar-refractivity contribution in [1.82, 2.24) is 0 Å². The molecular weight excluding hydrogens is 228 g/mol. The third-order valence-electron chi connectivity index (χ3n) is 3.42. The van der Waals surface area contributed by atoms with Crippen molar-refractivity contribution in [3.05, 3.63) is 29.3 Å². The van der Waals surface area contributed by atoms with E-state index >= 15 is 0 Å². The van der Waals surface area contributed by atoms with E-state index in [-0.39, 0.29) is 5.84 Å². The molecule has 1 aliphatic carbocycles. The number of nitrogens with two attached hydrogens (primary N) is 1. The van der Waals surface area contributed by atoms with Gasteiger partial charge in [-0.15, -0.1) is 0 Å². The van der Waals surface area contributed by atoms with Crippen molar-refractivity contribution in [2.24, 2.45) is 10.9 Å². The number of amidine groups is 1. The van der Waals surface area contributed by atoms with Gasteiger partial charge >= 0.3 is 0 Å². The minimum Gasteiger partial charge on any atom is -0.490 e. The van der Waals surface area contributed by atoms with Crippen LogP contribution in [0.2, 0.25) is 0 Å². The molecule has 0 amide bonds. The zero-order chi connectivity index (χ0) is 13.0. The van der Waals surface area contributed by atoms with E-state index in [0.717, 1.165) is 24.2 Å². The quantitative estimate of drug-likeness (QED) is 0.374. The fourth-order valence-corrected chi connectivity index (χ4v) is 2.36. The summed E-state index contributed by atoms with van der Waals surface area (Å²) in [6.07, 6.45) is 6.45. The van der Waals surface area contributed by atoms with E-state index in [4.69, 9.17) is 15.7 Å². The third kappa shape index (κ3) is 2.94. The highest BCUT2D eigenvalue weighted by Crippen LogP contribution is 2.26. The van der Waals surface area contributed by atoms with Crippen molar-refractivity contribution in [2.75, 3.05) is 0 Å². The Labute approximate surface area is 107 Å². The number of oxime groups is 1. The van der Waals surface area contributed by atoms with Crippen molar-refractivity contribution < 1.29 is 9.94 Å². The monoisotopic (exact) mass is 248 g/mol. The van der Waals surface area contributed by atoms with Crippen LogP contribution in [0.3, 0.4) is 0 Å². The molecule has 4 heteroatoms. The van der Waals surface area contributed by atoms with Crippen molar-refractivity contribution in [3.8, 4) is 5.75 Å². The minimum atomic E-state index is 0.127. The average Bonchev–Trinajstić information content (AvgIpc) is 2.41. The molecule has 0 radical (unpaired) electrons. The van der Waals surface area contributed by atoms with Gasteiger partial charge in [-0.25, -0.2) is 0 Å². The molecule has 18 heavy (non-hydrogen) atoms. The number of benzene rings is 1. The lowest BCUT2D eigenvalue weighted by molar-refractivity contribution is 0.154. The molecule has 0 aliphatic heterocycles. The molecule has 98 valence electrons. The van der Waals surface area contributed by atoms with Crippen LogP contribution in [0.4, 0.5) is 0 Å². The van der Waals surface area contributed by atoms with Gasteiger partial charge < -0.3 is 15.7 Å². The van der Waals surface area contributed by atoms with E-state index in [1.165, 1.54) is 19.3 Å². The Morgan fingerprint density at radius 3 is 2.67 bits per heavy atom. The fourth-order valence-electron chi connectivity index (χ4n) is 2.36. The Morgan fingerprint density at radius 2 is 2.06 bits per heavy atom. The zero-order valence-corrected chi connectivity index (χ0v) is 10.7. The highest BCUT2D eigenvalue weighted by atomic mass is 16.5. The molecule has 0 bridgehead atoms. The summed E-state index contributed by atoms with van der Waals surface area (Å²) in [5.41, 5.74) is 7.29. The topological polar surface area (TPSA) is 67.8 Å². The number of hydrogen-bond donors (Lipinski definition) is 2. The van der Waals surface area contributed by atoms with Crippen LogP contribution in [0.25, 0.3) is 0 Å². The highest BCUT2D eigenvalue weighted by molar-refractivity contribution is 5.97. The van der Waals surface area contributed by atoms with Gasteiger partial charge in [-0.05, 0) is 56.4 Å². The minimum absolute atomic E-state index is 0.127. The first-order valence-corrected chi connectivity index (χ1v) is 6.46. The van der Waals surface area contributed by atoms with Crippen molar-refractivity contribution in [3.63, 3.8) is 0 Å². The molecule has 1 aromatic carbocycles. The number of rotatable bonds is 3. The zero-order valence-electron chi connectivity index (χ0n) is 10.7. The van der Waals surface area contributed by atoms with E-state index in [1.54, 1.807) is 0 Å². The van der Waals surface area contributed by atoms with E-state index < -0.39 is 0 Å². The molecule has 0 spiro atoms. The Bertz CT molecular complexity index is 437. The first-order valence-electron chi connectivity index (χ1n) is 6.46. The summed E-state index contributed by atoms with van der Waals surface area (Å²) in [5.74, 6) is 1.03. The van der Waals surface area contributed by atoms with Crippen molar-refractivity contribution >= 4 is 5.84 Å². The lowest BCUT2D eigenvalue weighted by atomic mass is 9.97. The Hall–Kier alpha value is -1.71. The molecular formula is C14H20N2O2. The standard InChI is InChI=1S/C14H20N2O2/c1-10-9-11(14(15)16-17)7-8-13(10)18-12-5-3-2-4-6-12/h7-9,12,17H,2-6H2,1H3,(H2,15,16). The lowest BCUT2D eigenvalue weighted by Crippen LogP contribution is -2.20. The van der Waals surface area contributed by atoms with Crippen LogP contribution in [0, 0.1) is 6.92 Å². The van der Waals surface area contributed by atoms with Gasteiger partial charge in [-0.1, -0.05) is 11.6 Å². The van der Waals surface area contributed by atoms with E-state index in [2.05, 4.69) is 5.16 Å². The maximum Gasteiger partial charge on any atom is 0.170 e. The van der Waals surface area contributed by atoms with Crippen LogP contribution in [0.5, 0.6) is 5.75 Å². The highest BCUT2D eigenvalue weighted by Gasteiger charge is 2.16. The molecule has 2 rings (SSSR count). The first kappa shape index (κ1) is 12.7. The molecule has 1 fully saturated rings. The van der Waals surface area contributed by atoms with Gasteiger partial charge in [0.1, 0.15) is 5.75 Å². The number of nitrogens with zero attached hydrogens (tertiary/aromatic N) is 1. The molecule has 1 aliphatic rings. The summed E-state index contributed by atoms with van der Waals surface area (Å²) in [6.45, 7) is 1.98. The third-order valence-corrected chi connectivity index (χ3v) is 3.42. The largest absolute Gasteiger partial charge is 0.490 e. The molecule has 1 aromatic rings. The van der Waals surface area contributed by atoms with Gasteiger partial charge in [0.2, 0.25) is 0 Å². The summed E-state index contributed by atoms with van der Waals surface area (Å²) < 4.78 is 6.01. The molecule has 0 heterocycles. The molecule has 0 aromatic heterocycles. The summed E-state index contributed by atoms with van der Waals surface area (Å²) in [7, 11) is 0. The summed E-state index contributed by atoms with van der Waals surface area (Å²) in [5, 5.41) is 11.6. The second-order valence-corrected chi connectivity index (χ2v) is 4.84. The van der Waals surface area contributed by atoms with Gasteiger partial charge in [0.05, 0.1) is 6.10 Å². The number of ether oxygens (including phenoxy) is 1. The maximum absolute atomic E-state index is 8.64. The fraction of sp³-hybridized carbons (Fsp3) is 0.500. The van der Waals surface area contributed by atoms with Crippen LogP contribution >= 0.6 is 0 Å². The van der Waals surface area contributed by atoms with Crippen LogP contribution in [-0.2, 0) is 0 Å². The molecule has 0 atom stereocenters. The van der Waals surface area contributed by atoms with Crippen LogP contribution in [-0.4, -0.2) is 17.1 Å². The van der Waals surface area contributed by atoms with Gasteiger partial charge in [0, 0.05) is 5.56 Å². The van der Waals surface area contributed by atoms with Crippen molar-refractivity contribution in [1.29, 1.82) is 0 Å². The Morgan fingerprint density at radius 1 is 1.33 bits per heavy atom. The predicted molar refractivity (Wildman–Crippen MR) is 71.2 cm³/mol. The SMILES string of the molecule is Cc1cc(/C(N)=N/O)ccc1OC1CCCCC1. The molecule has 0 saturated heterocycles. The van der Waals surface area contributed by atoms with Gasteiger partial charge in [-0.2, -0.15) is 0 Å². The van der Waals surface area contributed by atoms with E-state index in [9.17, 15) is 0 Å². The second-order valence-electron chi connectivity index (χ2n) is 4.84. The smallest absolute Gasteiger partial charge is 0.170 e. The second kappa shape index (κ2) is 5.76. The maximum atomic E-state index is 8.64. The van der Waals surface area contributed by atoms with Crippen LogP contribution in [0.1, 0.15) is 43.2 Å². The summed E-state index contributed by atoms with van der Waals surface area (Å²) in [6, 6.07) is 5.60. The molecule has 1 saturated carbocycles. The van der Waals surface area contributed by atoms with Gasteiger partial charge in [0.25, 0.3) is 0 Å². The number of hydrogen-bond acceptors (Lipinski definition) is 3. The summed E-state index contributed by atoms with van der Waals surface area (Å²) >= 11 is 0. The van der Waals surface area contributed by atoms with Crippen LogP contribution < -0.4 is 10.5 Å². The normalized spacial score (nSPS) is 17.7. The van der Waals surface area contributed by atoms with E-state index in [0.29, 0.717) is 11.7 Å². The predicted octanol–water partition coefficient (Wildman–Crippen LogP) is 2.80. The first-order chi connectivity index (χ1) is 8.70. The van der Waals surface area contributed by atoms with Crippen molar-refractivity contribution in [2.45, 2.75) is 45.1 Å². The average molecular weight is 248 g/mol. The van der Waals surface area contributed by atoms with Gasteiger partial charge in [0.15, 0.2) is 5.84 Å². The van der Waals surface area contributed by atoms with Gasteiger partial charge in [-0.3, -0.25) is 0 Å². The molecule has 4 nitrogen and oxygen atoms in total. The summed E-state index contributed by atoms with van der Waals surface area (Å²) in [4.78, 5) is 0.